The Morgan fingerprint density at radius 3 is 2.73 bits per heavy atom. The number of amides is 1. The van der Waals surface area contributed by atoms with Crippen molar-refractivity contribution < 1.29 is 9.42 Å². The number of likely N-dealkylation sites (tertiary alicyclic amines) is 1. The number of rotatable bonds is 4. The largest absolute Gasteiger partial charge is 0.379 e. The molecular formula is C21H20Cl2N8O2. The number of benzene rings is 1. The number of carbonyl (C=O) groups excluding carboxylic acids is 1. The van der Waals surface area contributed by atoms with E-state index in [1.807, 2.05) is 11.5 Å². The third kappa shape index (κ3) is 3.60. The van der Waals surface area contributed by atoms with Gasteiger partial charge in [0.15, 0.2) is 17.3 Å². The van der Waals surface area contributed by atoms with Crippen molar-refractivity contribution in [3.8, 4) is 22.8 Å². The number of anilines is 1. The van der Waals surface area contributed by atoms with Gasteiger partial charge < -0.3 is 20.9 Å². The van der Waals surface area contributed by atoms with Gasteiger partial charge in [0.2, 0.25) is 0 Å². The van der Waals surface area contributed by atoms with Crippen LogP contribution in [0.4, 0.5) is 5.82 Å². The second-order valence-corrected chi connectivity index (χ2v) is 8.66. The van der Waals surface area contributed by atoms with Crippen LogP contribution in [0.3, 0.4) is 0 Å². The van der Waals surface area contributed by atoms with Gasteiger partial charge in [-0.25, -0.2) is 9.61 Å². The summed E-state index contributed by atoms with van der Waals surface area (Å²) >= 11 is 12.6. The molecule has 5 rings (SSSR count). The first-order chi connectivity index (χ1) is 15.9. The minimum atomic E-state index is -0.165. The van der Waals surface area contributed by atoms with Gasteiger partial charge in [-0.1, -0.05) is 23.2 Å². The molecule has 4 N–H and O–H groups in total. The summed E-state index contributed by atoms with van der Waals surface area (Å²) in [5.41, 5.74) is 14.9. The molecule has 1 fully saturated rings. The highest BCUT2D eigenvalue weighted by Crippen LogP contribution is 2.37. The highest BCUT2D eigenvalue weighted by atomic mass is 35.5. The van der Waals surface area contributed by atoms with Crippen LogP contribution < -0.4 is 11.5 Å². The summed E-state index contributed by atoms with van der Waals surface area (Å²) in [5.74, 6) is 0.344. The molecule has 0 aliphatic carbocycles. The van der Waals surface area contributed by atoms with E-state index in [0.717, 1.165) is 6.42 Å². The van der Waals surface area contributed by atoms with Crippen LogP contribution in [0.15, 0.2) is 29.0 Å². The van der Waals surface area contributed by atoms with E-state index in [2.05, 4.69) is 15.3 Å². The van der Waals surface area contributed by atoms with Crippen molar-refractivity contribution in [2.24, 2.45) is 5.73 Å². The molecule has 0 saturated carbocycles. The van der Waals surface area contributed by atoms with Crippen LogP contribution in [-0.4, -0.2) is 54.8 Å². The molecule has 1 saturated heterocycles. The van der Waals surface area contributed by atoms with Crippen LogP contribution in [0, 0.1) is 0 Å². The zero-order chi connectivity index (χ0) is 23.3. The monoisotopic (exact) mass is 486 g/mol. The van der Waals surface area contributed by atoms with E-state index in [1.54, 1.807) is 29.3 Å². The molecule has 12 heteroatoms. The highest BCUT2D eigenvalue weighted by molar-refractivity contribution is 6.36. The number of nitrogen functional groups attached to an aromatic ring is 1. The minimum Gasteiger partial charge on any atom is -0.379 e. The summed E-state index contributed by atoms with van der Waals surface area (Å²) in [7, 11) is 0. The molecule has 170 valence electrons. The summed E-state index contributed by atoms with van der Waals surface area (Å²) in [5, 5.41) is 8.49. The number of hydrogen-bond acceptors (Lipinski definition) is 8. The number of aromatic nitrogens is 5. The van der Waals surface area contributed by atoms with Crippen LogP contribution in [0.25, 0.3) is 33.8 Å². The third-order valence-corrected chi connectivity index (χ3v) is 6.29. The first-order valence-electron chi connectivity index (χ1n) is 10.4. The second kappa shape index (κ2) is 8.29. The van der Waals surface area contributed by atoms with Crippen molar-refractivity contribution in [1.82, 2.24) is 29.7 Å². The normalized spacial score (nSPS) is 16.1. The lowest BCUT2D eigenvalue weighted by Gasteiger charge is -2.17. The van der Waals surface area contributed by atoms with Gasteiger partial charge in [-0.2, -0.15) is 0 Å². The van der Waals surface area contributed by atoms with Gasteiger partial charge >= 0.3 is 0 Å². The third-order valence-electron chi connectivity index (χ3n) is 5.74. The number of aryl methyl sites for hydroxylation is 1. The number of halogens is 2. The van der Waals surface area contributed by atoms with Gasteiger partial charge in [0, 0.05) is 42.5 Å². The molecule has 1 aliphatic rings. The van der Waals surface area contributed by atoms with Gasteiger partial charge in [-0.05, 0) is 41.9 Å². The molecular weight excluding hydrogens is 467 g/mol. The Kier molecular flexibility index (Phi) is 5.43. The molecule has 10 nitrogen and oxygen atoms in total. The molecule has 4 aromatic rings. The number of nitrogens with zero attached hydrogens (tertiary/aromatic N) is 6. The maximum atomic E-state index is 13.5. The fourth-order valence-corrected chi connectivity index (χ4v) is 4.66. The number of imidazole rings is 1. The van der Waals surface area contributed by atoms with Gasteiger partial charge in [-0.15, -0.1) is 0 Å². The van der Waals surface area contributed by atoms with E-state index in [-0.39, 0.29) is 23.5 Å². The van der Waals surface area contributed by atoms with Crippen LogP contribution in [0.1, 0.15) is 23.7 Å². The molecule has 0 spiro atoms. The predicted octanol–water partition coefficient (Wildman–Crippen LogP) is 3.23. The Labute approximate surface area is 198 Å². The Balaban J connectivity index is 1.79. The van der Waals surface area contributed by atoms with Crippen LogP contribution >= 0.6 is 23.2 Å². The Bertz CT molecular complexity index is 1380. The van der Waals surface area contributed by atoms with Gasteiger partial charge in [0.25, 0.3) is 5.91 Å². The SMILES string of the molecule is CCn1c(-c2nonc2N)nc2c(-c3ccc(Cl)cc3Cl)ncc(C(=O)N3CCC(N)C3)c21. The van der Waals surface area contributed by atoms with Gasteiger partial charge in [-0.3, -0.25) is 9.78 Å². The van der Waals surface area contributed by atoms with Gasteiger partial charge in [0.05, 0.1) is 21.8 Å². The van der Waals surface area contributed by atoms with E-state index in [9.17, 15) is 4.79 Å². The molecule has 0 bridgehead atoms. The fourth-order valence-electron chi connectivity index (χ4n) is 4.16. The van der Waals surface area contributed by atoms with E-state index in [1.165, 1.54) is 0 Å². The van der Waals surface area contributed by atoms with Crippen molar-refractivity contribution in [3.05, 3.63) is 40.0 Å². The molecule has 1 amide bonds. The average Bonchev–Trinajstić information content (AvgIpc) is 3.50. The lowest BCUT2D eigenvalue weighted by atomic mass is 10.1. The first kappa shape index (κ1) is 21.6. The molecule has 4 heterocycles. The Hall–Kier alpha value is -3.21. The van der Waals surface area contributed by atoms with Gasteiger partial charge in [0.1, 0.15) is 5.52 Å². The second-order valence-electron chi connectivity index (χ2n) is 7.82. The molecule has 1 atom stereocenters. The lowest BCUT2D eigenvalue weighted by molar-refractivity contribution is 0.0792. The summed E-state index contributed by atoms with van der Waals surface area (Å²) in [6.07, 6.45) is 2.30. The quantitative estimate of drug-likeness (QED) is 0.447. The van der Waals surface area contributed by atoms with E-state index in [0.29, 0.717) is 63.4 Å². The van der Waals surface area contributed by atoms with Crippen LogP contribution in [0.2, 0.25) is 10.0 Å². The van der Waals surface area contributed by atoms with Crippen molar-refractivity contribution in [3.63, 3.8) is 0 Å². The summed E-state index contributed by atoms with van der Waals surface area (Å²) in [6.45, 7) is 3.48. The maximum Gasteiger partial charge on any atom is 0.257 e. The van der Waals surface area contributed by atoms with Crippen molar-refractivity contribution in [1.29, 1.82) is 0 Å². The molecule has 0 radical (unpaired) electrons. The average molecular weight is 487 g/mol. The number of carbonyl (C=O) groups is 1. The molecule has 3 aromatic heterocycles. The zero-order valence-electron chi connectivity index (χ0n) is 17.6. The number of nitrogens with two attached hydrogens (primary N) is 2. The Morgan fingerprint density at radius 1 is 1.27 bits per heavy atom. The number of pyridine rings is 1. The summed E-state index contributed by atoms with van der Waals surface area (Å²) < 4.78 is 6.65. The smallest absolute Gasteiger partial charge is 0.257 e. The maximum absolute atomic E-state index is 13.5. The topological polar surface area (TPSA) is 142 Å². The highest BCUT2D eigenvalue weighted by Gasteiger charge is 2.30. The number of hydrogen-bond donors (Lipinski definition) is 2. The minimum absolute atomic E-state index is 0.0443. The molecule has 1 aromatic carbocycles. The number of fused-ring (bicyclic) bond motifs is 1. The van der Waals surface area contributed by atoms with E-state index < -0.39 is 0 Å². The van der Waals surface area contributed by atoms with Crippen molar-refractivity contribution in [2.75, 3.05) is 18.8 Å². The fraction of sp³-hybridized carbons (Fsp3) is 0.286. The molecule has 33 heavy (non-hydrogen) atoms. The molecule has 1 aliphatic heterocycles. The van der Waals surface area contributed by atoms with Crippen LogP contribution in [0.5, 0.6) is 0 Å². The Morgan fingerprint density at radius 2 is 2.09 bits per heavy atom. The summed E-state index contributed by atoms with van der Waals surface area (Å²) in [4.78, 5) is 24.6. The van der Waals surface area contributed by atoms with Crippen LogP contribution in [-0.2, 0) is 6.54 Å². The first-order valence-corrected chi connectivity index (χ1v) is 11.1. The standard InChI is InChI=1S/C21H20Cl2N8O2/c1-2-31-18-13(21(32)30-6-5-11(24)9-30)8-26-15(12-4-3-10(22)7-14(12)23)16(18)27-20(31)17-19(25)29-33-28-17/h3-4,7-8,11H,2,5-6,9,24H2,1H3,(H2,25,29). The lowest BCUT2D eigenvalue weighted by Crippen LogP contribution is -2.32. The van der Waals surface area contributed by atoms with E-state index >= 15 is 0 Å². The van der Waals surface area contributed by atoms with E-state index in [4.69, 9.17) is 44.3 Å². The summed E-state index contributed by atoms with van der Waals surface area (Å²) in [6, 6.07) is 5.08. The van der Waals surface area contributed by atoms with Crippen molar-refractivity contribution >= 4 is 46.0 Å². The zero-order valence-corrected chi connectivity index (χ0v) is 19.1. The molecule has 1 unspecified atom stereocenters. The predicted molar refractivity (Wildman–Crippen MR) is 125 cm³/mol. The van der Waals surface area contributed by atoms with Crippen molar-refractivity contribution in [2.45, 2.75) is 25.9 Å².